The van der Waals surface area contributed by atoms with Crippen LogP contribution in [0.4, 0.5) is 0 Å². The number of hydrogen-bond acceptors (Lipinski definition) is 6. The van der Waals surface area contributed by atoms with Gasteiger partial charge in [-0.1, -0.05) is 11.3 Å². The van der Waals surface area contributed by atoms with Crippen LogP contribution in [0.25, 0.3) is 4.96 Å². The van der Waals surface area contributed by atoms with Crippen LogP contribution in [0.1, 0.15) is 18.5 Å². The summed E-state index contributed by atoms with van der Waals surface area (Å²) in [6.07, 6.45) is 2.02. The molecule has 100 valence electrons. The lowest BCUT2D eigenvalue weighted by atomic mass is 10.3. The fourth-order valence-corrected chi connectivity index (χ4v) is 2.66. The number of carboxylic acids is 1. The van der Waals surface area contributed by atoms with Gasteiger partial charge in [0.1, 0.15) is 5.51 Å². The molecule has 0 spiro atoms. The maximum atomic E-state index is 11.8. The van der Waals surface area contributed by atoms with Gasteiger partial charge in [-0.05, 0) is 12.8 Å². The van der Waals surface area contributed by atoms with Crippen molar-refractivity contribution in [2.75, 3.05) is 6.54 Å². The smallest absolute Gasteiger partial charge is 0.317 e. The van der Waals surface area contributed by atoms with Gasteiger partial charge in [0.15, 0.2) is 0 Å². The highest BCUT2D eigenvalue weighted by Crippen LogP contribution is 2.27. The molecule has 0 aromatic carbocycles. The van der Waals surface area contributed by atoms with Crippen LogP contribution in [-0.2, 0) is 11.3 Å². The Morgan fingerprint density at radius 1 is 1.58 bits per heavy atom. The third-order valence-corrected chi connectivity index (χ3v) is 3.68. The first-order valence-electron chi connectivity index (χ1n) is 5.92. The van der Waals surface area contributed by atoms with Crippen LogP contribution in [0.3, 0.4) is 0 Å². The van der Waals surface area contributed by atoms with Crippen LogP contribution in [0.5, 0.6) is 0 Å². The third-order valence-electron chi connectivity index (χ3n) is 3.01. The lowest BCUT2D eigenvalue weighted by Crippen LogP contribution is -2.32. The molecular weight excluding hydrogens is 268 g/mol. The summed E-state index contributed by atoms with van der Waals surface area (Å²) in [7, 11) is 0. The van der Waals surface area contributed by atoms with Gasteiger partial charge in [-0.25, -0.2) is 4.98 Å². The highest BCUT2D eigenvalue weighted by atomic mass is 32.1. The average Bonchev–Trinajstić information content (AvgIpc) is 3.07. The Morgan fingerprint density at radius 3 is 3.05 bits per heavy atom. The molecule has 3 rings (SSSR count). The predicted octanol–water partition coefficient (Wildman–Crippen LogP) is 0.200. The summed E-state index contributed by atoms with van der Waals surface area (Å²) < 4.78 is 1.24. The molecular formula is C11H12N4O3S. The molecule has 0 aliphatic heterocycles. The predicted molar refractivity (Wildman–Crippen MR) is 68.2 cm³/mol. The van der Waals surface area contributed by atoms with Crippen molar-refractivity contribution in [3.05, 3.63) is 27.6 Å². The molecule has 1 aliphatic rings. The van der Waals surface area contributed by atoms with Gasteiger partial charge in [-0.2, -0.15) is 9.61 Å². The van der Waals surface area contributed by atoms with Crippen molar-refractivity contribution in [2.45, 2.75) is 25.4 Å². The Balaban J connectivity index is 1.86. The first-order chi connectivity index (χ1) is 9.13. The fourth-order valence-electron chi connectivity index (χ4n) is 2.02. The number of carboxylic acid groups (broad SMARTS) is 1. The number of carbonyl (C=O) groups is 1. The summed E-state index contributed by atoms with van der Waals surface area (Å²) in [4.78, 5) is 29.3. The van der Waals surface area contributed by atoms with Crippen LogP contribution in [0.15, 0.2) is 16.4 Å². The first-order valence-corrected chi connectivity index (χ1v) is 6.80. The largest absolute Gasteiger partial charge is 0.480 e. The fraction of sp³-hybridized carbons (Fsp3) is 0.455. The zero-order chi connectivity index (χ0) is 13.4. The van der Waals surface area contributed by atoms with Gasteiger partial charge in [0.25, 0.3) is 5.56 Å². The number of aliphatic carboxylic acids is 1. The van der Waals surface area contributed by atoms with Crippen molar-refractivity contribution in [3.8, 4) is 0 Å². The molecule has 1 aliphatic carbocycles. The van der Waals surface area contributed by atoms with Gasteiger partial charge < -0.3 is 5.11 Å². The summed E-state index contributed by atoms with van der Waals surface area (Å²) in [5, 5.41) is 12.8. The molecule has 2 heterocycles. The standard InChI is InChI=1S/C11H12N4O3S/c16-9-3-7(13-11-15(9)12-6-19-11)4-14(5-10(17)18)8-1-2-8/h3,6,8H,1-2,4-5H2,(H,17,18). The Labute approximate surface area is 112 Å². The molecule has 7 nitrogen and oxygen atoms in total. The molecule has 0 atom stereocenters. The van der Waals surface area contributed by atoms with E-state index in [1.165, 1.54) is 21.9 Å². The Kier molecular flexibility index (Phi) is 3.03. The van der Waals surface area contributed by atoms with Crippen molar-refractivity contribution in [2.24, 2.45) is 0 Å². The van der Waals surface area contributed by atoms with Crippen LogP contribution in [0, 0.1) is 0 Å². The zero-order valence-electron chi connectivity index (χ0n) is 10.0. The van der Waals surface area contributed by atoms with E-state index < -0.39 is 5.97 Å². The molecule has 19 heavy (non-hydrogen) atoms. The molecule has 0 amide bonds. The second-order valence-corrected chi connectivity index (χ2v) is 5.36. The second kappa shape index (κ2) is 4.71. The minimum Gasteiger partial charge on any atom is -0.480 e. The van der Waals surface area contributed by atoms with E-state index in [-0.39, 0.29) is 12.1 Å². The lowest BCUT2D eigenvalue weighted by molar-refractivity contribution is -0.138. The summed E-state index contributed by atoms with van der Waals surface area (Å²) in [6, 6.07) is 1.72. The molecule has 1 saturated carbocycles. The normalized spacial score (nSPS) is 15.2. The molecule has 0 radical (unpaired) electrons. The van der Waals surface area contributed by atoms with E-state index in [0.29, 0.717) is 23.2 Å². The maximum absolute atomic E-state index is 11.8. The van der Waals surface area contributed by atoms with Crippen molar-refractivity contribution >= 4 is 22.3 Å². The SMILES string of the molecule is O=C(O)CN(Cc1cc(=O)n2ncsc2n1)C1CC1. The van der Waals surface area contributed by atoms with E-state index in [2.05, 4.69) is 10.1 Å². The van der Waals surface area contributed by atoms with Gasteiger partial charge in [-0.3, -0.25) is 14.5 Å². The van der Waals surface area contributed by atoms with Crippen LogP contribution in [0.2, 0.25) is 0 Å². The Morgan fingerprint density at radius 2 is 2.37 bits per heavy atom. The molecule has 1 fully saturated rings. The van der Waals surface area contributed by atoms with E-state index in [1.54, 1.807) is 5.51 Å². The number of rotatable bonds is 5. The monoisotopic (exact) mass is 280 g/mol. The molecule has 0 saturated heterocycles. The topological polar surface area (TPSA) is 87.8 Å². The Bertz CT molecular complexity index is 676. The summed E-state index contributed by atoms with van der Waals surface area (Å²) >= 11 is 1.29. The van der Waals surface area contributed by atoms with Crippen molar-refractivity contribution in [1.29, 1.82) is 0 Å². The minimum absolute atomic E-state index is 0.0194. The van der Waals surface area contributed by atoms with Crippen LogP contribution < -0.4 is 5.56 Å². The van der Waals surface area contributed by atoms with E-state index in [9.17, 15) is 9.59 Å². The van der Waals surface area contributed by atoms with Crippen LogP contribution >= 0.6 is 11.3 Å². The zero-order valence-corrected chi connectivity index (χ0v) is 10.8. The second-order valence-electron chi connectivity index (χ2n) is 4.55. The molecule has 8 heteroatoms. The van der Waals surface area contributed by atoms with Gasteiger partial charge in [0.2, 0.25) is 4.96 Å². The van der Waals surface area contributed by atoms with Crippen LogP contribution in [-0.4, -0.2) is 43.2 Å². The van der Waals surface area contributed by atoms with Crippen molar-refractivity contribution < 1.29 is 9.90 Å². The highest BCUT2D eigenvalue weighted by molar-refractivity contribution is 7.14. The number of nitrogens with zero attached hydrogens (tertiary/aromatic N) is 4. The van der Waals surface area contributed by atoms with E-state index in [1.807, 2.05) is 4.90 Å². The Hall–Kier alpha value is -1.80. The van der Waals surface area contributed by atoms with E-state index >= 15 is 0 Å². The van der Waals surface area contributed by atoms with Gasteiger partial charge in [0, 0.05) is 18.7 Å². The van der Waals surface area contributed by atoms with Gasteiger partial charge in [-0.15, -0.1) is 0 Å². The lowest BCUT2D eigenvalue weighted by Gasteiger charge is -2.18. The molecule has 2 aromatic heterocycles. The van der Waals surface area contributed by atoms with Crippen molar-refractivity contribution in [3.63, 3.8) is 0 Å². The summed E-state index contributed by atoms with van der Waals surface area (Å²) in [6.45, 7) is 0.370. The summed E-state index contributed by atoms with van der Waals surface area (Å²) in [5.74, 6) is -0.859. The minimum atomic E-state index is -0.859. The van der Waals surface area contributed by atoms with E-state index in [4.69, 9.17) is 5.11 Å². The quantitative estimate of drug-likeness (QED) is 0.841. The third kappa shape index (κ3) is 2.64. The first kappa shape index (κ1) is 12.2. The molecule has 2 aromatic rings. The molecule has 0 unspecified atom stereocenters. The summed E-state index contributed by atoms with van der Waals surface area (Å²) in [5.41, 5.74) is 1.93. The van der Waals surface area contributed by atoms with E-state index in [0.717, 1.165) is 12.8 Å². The number of aromatic nitrogens is 3. The number of fused-ring (bicyclic) bond motifs is 1. The maximum Gasteiger partial charge on any atom is 0.317 e. The van der Waals surface area contributed by atoms with Gasteiger partial charge >= 0.3 is 5.97 Å². The molecule has 0 bridgehead atoms. The number of hydrogen-bond donors (Lipinski definition) is 1. The van der Waals surface area contributed by atoms with Gasteiger partial charge in [0.05, 0.1) is 12.2 Å². The molecule has 1 N–H and O–H groups in total. The average molecular weight is 280 g/mol. The van der Waals surface area contributed by atoms with Crippen molar-refractivity contribution in [1.82, 2.24) is 19.5 Å². The highest BCUT2D eigenvalue weighted by Gasteiger charge is 2.30.